The fraction of sp³-hybridized carbons (Fsp3) is 0.176. The standard InChI is InChI=1S/C17H10B5BrClFN4O3/c18-16(19,31)5-32-28-15(30)8-4-11-14(26-6-29(11)17(20,21)22)12(25)13(8)27-10-2-1-7(23)3-9(10)24/h1-4,6,27,31H,5H2,(H,28,30). The van der Waals surface area contributed by atoms with E-state index in [1.165, 1.54) is 6.07 Å². The highest BCUT2D eigenvalue weighted by Gasteiger charge is 2.25. The quantitative estimate of drug-likeness (QED) is 0.329. The molecule has 0 atom stereocenters. The first-order valence-corrected chi connectivity index (χ1v) is 9.96. The van der Waals surface area contributed by atoms with Gasteiger partial charge in [0.1, 0.15) is 21.2 Å². The minimum absolute atomic E-state index is 0.0294. The molecule has 7 nitrogen and oxygen atoms in total. The Kier molecular flexibility index (Phi) is 7.09. The second kappa shape index (κ2) is 9.17. The van der Waals surface area contributed by atoms with Crippen LogP contribution in [0.4, 0.5) is 15.8 Å². The first-order chi connectivity index (χ1) is 14.8. The van der Waals surface area contributed by atoms with Crippen LogP contribution in [0.15, 0.2) is 35.1 Å². The van der Waals surface area contributed by atoms with Gasteiger partial charge < -0.3 is 15.0 Å². The number of carbonyl (C=O) groups is 1. The van der Waals surface area contributed by atoms with Gasteiger partial charge in [-0.2, -0.15) is 0 Å². The van der Waals surface area contributed by atoms with E-state index >= 15 is 4.39 Å². The largest absolute Gasteiger partial charge is 0.407 e. The Morgan fingerprint density at radius 2 is 1.97 bits per heavy atom. The molecule has 15 heteroatoms. The smallest absolute Gasteiger partial charge is 0.277 e. The minimum atomic E-state index is -2.20. The number of nitrogens with one attached hydrogen (secondary N) is 2. The summed E-state index contributed by atoms with van der Waals surface area (Å²) in [5.74, 6) is -1.83. The number of imidazole rings is 1. The number of aliphatic hydroxyl groups is 1. The Morgan fingerprint density at radius 3 is 2.56 bits per heavy atom. The number of anilines is 2. The summed E-state index contributed by atoms with van der Waals surface area (Å²) in [6, 6.07) is 6.06. The van der Waals surface area contributed by atoms with Crippen LogP contribution in [0.25, 0.3) is 11.0 Å². The van der Waals surface area contributed by atoms with Gasteiger partial charge in [-0.3, -0.25) is 9.63 Å². The Labute approximate surface area is 202 Å². The molecule has 1 heterocycles. The summed E-state index contributed by atoms with van der Waals surface area (Å²) in [6.45, 7) is -0.653. The van der Waals surface area contributed by atoms with Crippen molar-refractivity contribution in [2.24, 2.45) is 0 Å². The van der Waals surface area contributed by atoms with Crippen molar-refractivity contribution in [1.82, 2.24) is 15.0 Å². The van der Waals surface area contributed by atoms with Crippen molar-refractivity contribution in [2.45, 2.75) is 10.6 Å². The molecule has 0 fully saturated rings. The molecule has 3 N–H and O–H groups in total. The molecule has 1 aromatic heterocycles. The highest BCUT2D eigenvalue weighted by molar-refractivity contribution is 9.10. The van der Waals surface area contributed by atoms with Gasteiger partial charge in [0.2, 0.25) is 0 Å². The van der Waals surface area contributed by atoms with Gasteiger partial charge in [-0.1, -0.05) is 32.8 Å². The molecular formula is C17H10B5BrClFN4O3. The lowest BCUT2D eigenvalue weighted by atomic mass is 9.49. The third-order valence-electron chi connectivity index (χ3n) is 4.10. The Bertz CT molecular complexity index is 1190. The predicted molar refractivity (Wildman–Crippen MR) is 127 cm³/mol. The lowest BCUT2D eigenvalue weighted by Gasteiger charge is -2.24. The van der Waals surface area contributed by atoms with Gasteiger partial charge in [0, 0.05) is 9.87 Å². The summed E-state index contributed by atoms with van der Waals surface area (Å²) < 4.78 is 17.3. The first-order valence-electron chi connectivity index (χ1n) is 8.79. The molecule has 0 aliphatic carbocycles. The predicted octanol–water partition coefficient (Wildman–Crippen LogP) is 1.05. The number of benzene rings is 2. The maximum atomic E-state index is 15.5. The van der Waals surface area contributed by atoms with Crippen LogP contribution >= 0.6 is 27.5 Å². The minimum Gasteiger partial charge on any atom is -0.407 e. The van der Waals surface area contributed by atoms with E-state index in [0.717, 1.165) is 10.9 Å². The SMILES string of the molecule is [B]C([B])(O)CONC(=O)c1cc2c(ncn2C([B])([B])[B])c(F)c1Nc1ccc(Br)cc1Cl. The van der Waals surface area contributed by atoms with Crippen LogP contribution in [-0.4, -0.2) is 71.8 Å². The fourth-order valence-electron chi connectivity index (χ4n) is 2.72. The first kappa shape index (κ1) is 24.8. The maximum absolute atomic E-state index is 15.5. The maximum Gasteiger partial charge on any atom is 0.277 e. The average Bonchev–Trinajstić information content (AvgIpc) is 3.09. The van der Waals surface area contributed by atoms with Crippen molar-refractivity contribution in [3.05, 3.63) is 51.5 Å². The molecule has 3 rings (SSSR count). The number of rotatable bonds is 7. The van der Waals surface area contributed by atoms with Crippen molar-refractivity contribution in [3.8, 4) is 0 Å². The van der Waals surface area contributed by atoms with E-state index in [-0.39, 0.29) is 27.3 Å². The summed E-state index contributed by atoms with van der Waals surface area (Å²) >= 11 is 9.49. The molecule has 0 bridgehead atoms. The number of halogens is 3. The van der Waals surface area contributed by atoms with Crippen molar-refractivity contribution in [2.75, 3.05) is 11.9 Å². The zero-order chi connectivity index (χ0) is 23.8. The molecule has 0 saturated heterocycles. The lowest BCUT2D eigenvalue weighted by molar-refractivity contribution is -0.00287. The van der Waals surface area contributed by atoms with E-state index in [1.54, 1.807) is 18.2 Å². The molecule has 2 aromatic carbocycles. The van der Waals surface area contributed by atoms with E-state index in [0.29, 0.717) is 10.2 Å². The van der Waals surface area contributed by atoms with Gasteiger partial charge >= 0.3 is 0 Å². The second-order valence-electron chi connectivity index (χ2n) is 6.94. The van der Waals surface area contributed by atoms with E-state index < -0.39 is 29.0 Å². The lowest BCUT2D eigenvalue weighted by Crippen LogP contribution is -2.39. The number of carbonyl (C=O) groups excluding carboxylic acids is 1. The summed E-state index contributed by atoms with van der Waals surface area (Å²) in [7, 11) is 27.5. The number of hydrogen-bond acceptors (Lipinski definition) is 5. The number of aromatic nitrogens is 2. The second-order valence-corrected chi connectivity index (χ2v) is 8.27. The number of fused-ring (bicyclic) bond motifs is 1. The van der Waals surface area contributed by atoms with Crippen LogP contribution in [0.2, 0.25) is 5.02 Å². The molecule has 0 aliphatic heterocycles. The highest BCUT2D eigenvalue weighted by atomic mass is 79.9. The van der Waals surface area contributed by atoms with Gasteiger partial charge in [-0.15, -0.1) is 0 Å². The fourth-order valence-corrected chi connectivity index (χ4v) is 3.44. The normalized spacial score (nSPS) is 12.1. The van der Waals surface area contributed by atoms with E-state index in [2.05, 4.69) is 26.2 Å². The zero-order valence-corrected chi connectivity index (χ0v) is 18.6. The molecule has 152 valence electrons. The number of amides is 1. The topological polar surface area (TPSA) is 88.4 Å². The third-order valence-corrected chi connectivity index (χ3v) is 4.91. The average molecular weight is 507 g/mol. The van der Waals surface area contributed by atoms with E-state index in [9.17, 15) is 9.90 Å². The van der Waals surface area contributed by atoms with Crippen LogP contribution in [-0.2, 0) is 10.1 Å². The molecule has 0 aliphatic rings. The van der Waals surface area contributed by atoms with Crippen LogP contribution < -0.4 is 10.8 Å². The van der Waals surface area contributed by atoms with Gasteiger partial charge in [0.25, 0.3) is 5.91 Å². The van der Waals surface area contributed by atoms with Gasteiger partial charge in [-0.25, -0.2) is 14.9 Å². The van der Waals surface area contributed by atoms with Crippen LogP contribution in [0.5, 0.6) is 0 Å². The summed E-state index contributed by atoms with van der Waals surface area (Å²) in [6.07, 6.45) is 1.13. The van der Waals surface area contributed by atoms with Crippen LogP contribution in [0, 0.1) is 5.82 Å². The summed E-state index contributed by atoms with van der Waals surface area (Å²) in [5.41, 5.74) is 1.65. The van der Waals surface area contributed by atoms with Crippen LogP contribution in [0.1, 0.15) is 10.4 Å². The van der Waals surface area contributed by atoms with Crippen LogP contribution in [0.3, 0.4) is 0 Å². The molecule has 32 heavy (non-hydrogen) atoms. The molecule has 1 amide bonds. The van der Waals surface area contributed by atoms with Gasteiger partial charge in [0.15, 0.2) is 5.82 Å². The molecule has 0 spiro atoms. The van der Waals surface area contributed by atoms with E-state index in [4.69, 9.17) is 55.7 Å². The zero-order valence-electron chi connectivity index (χ0n) is 16.3. The van der Waals surface area contributed by atoms with Gasteiger partial charge in [0.05, 0.1) is 64.0 Å². The Balaban J connectivity index is 2.11. The molecule has 0 unspecified atom stereocenters. The van der Waals surface area contributed by atoms with Crippen molar-refractivity contribution < 1.29 is 19.1 Å². The molecule has 10 radical (unpaired) electrons. The molecule has 3 aromatic rings. The van der Waals surface area contributed by atoms with E-state index in [1.807, 2.05) is 5.48 Å². The van der Waals surface area contributed by atoms with Crippen molar-refractivity contribution in [1.29, 1.82) is 0 Å². The Hall–Kier alpha value is -1.88. The third kappa shape index (κ3) is 5.54. The van der Waals surface area contributed by atoms with Crippen molar-refractivity contribution >= 4 is 95.1 Å². The summed E-state index contributed by atoms with van der Waals surface area (Å²) in [5, 5.41) is 8.22. The Morgan fingerprint density at radius 1 is 1.28 bits per heavy atom. The highest BCUT2D eigenvalue weighted by Crippen LogP contribution is 2.34. The molecular weight excluding hydrogens is 497 g/mol. The number of hydroxylamine groups is 1. The summed E-state index contributed by atoms with van der Waals surface area (Å²) in [4.78, 5) is 21.6. The molecule has 0 saturated carbocycles. The number of hydrogen-bond donors (Lipinski definition) is 3. The van der Waals surface area contributed by atoms with Gasteiger partial charge in [-0.05, 0) is 24.3 Å². The van der Waals surface area contributed by atoms with Crippen molar-refractivity contribution in [3.63, 3.8) is 0 Å². The number of nitrogens with zero attached hydrogens (tertiary/aromatic N) is 2. The monoisotopic (exact) mass is 506 g/mol.